The Balaban J connectivity index is 1.56. The molecule has 9 nitrogen and oxygen atoms in total. The summed E-state index contributed by atoms with van der Waals surface area (Å²) in [5.74, 6) is -0.389. The SMILES string of the molecule is CCc1ccc(N2CCN(C(=O)c3cc4cc([N+](=O)[O-])cc(OC)c4oc3=O)CC2)cc1. The number of non-ortho nitro benzene ring substituents is 1. The summed E-state index contributed by atoms with van der Waals surface area (Å²) < 4.78 is 10.4. The number of nitro groups is 1. The summed E-state index contributed by atoms with van der Waals surface area (Å²) in [6.07, 6.45) is 0.978. The molecule has 0 atom stereocenters. The third-order valence-electron chi connectivity index (χ3n) is 5.72. The molecule has 2 aromatic carbocycles. The van der Waals surface area contributed by atoms with Crippen molar-refractivity contribution in [3.8, 4) is 5.75 Å². The van der Waals surface area contributed by atoms with Gasteiger partial charge in [-0.05, 0) is 30.2 Å². The minimum absolute atomic E-state index is 0.0630. The van der Waals surface area contributed by atoms with E-state index in [4.69, 9.17) is 9.15 Å². The van der Waals surface area contributed by atoms with Crippen LogP contribution in [0.2, 0.25) is 0 Å². The molecule has 2 heterocycles. The van der Waals surface area contributed by atoms with Gasteiger partial charge >= 0.3 is 5.63 Å². The van der Waals surface area contributed by atoms with Crippen molar-refractivity contribution in [1.29, 1.82) is 0 Å². The highest BCUT2D eigenvalue weighted by atomic mass is 16.6. The van der Waals surface area contributed by atoms with Crippen molar-refractivity contribution in [1.82, 2.24) is 4.90 Å². The summed E-state index contributed by atoms with van der Waals surface area (Å²) in [4.78, 5) is 40.0. The van der Waals surface area contributed by atoms with Crippen LogP contribution < -0.4 is 15.3 Å². The van der Waals surface area contributed by atoms with E-state index in [1.54, 1.807) is 4.90 Å². The molecule has 0 unspecified atom stereocenters. The molecule has 0 radical (unpaired) electrons. The van der Waals surface area contributed by atoms with Crippen LogP contribution in [0.5, 0.6) is 5.75 Å². The minimum Gasteiger partial charge on any atom is -0.493 e. The van der Waals surface area contributed by atoms with E-state index < -0.39 is 16.5 Å². The second-order valence-electron chi connectivity index (χ2n) is 7.57. The van der Waals surface area contributed by atoms with E-state index >= 15 is 0 Å². The van der Waals surface area contributed by atoms with E-state index in [0.717, 1.165) is 12.1 Å². The number of nitrogens with zero attached hydrogens (tertiary/aromatic N) is 3. The maximum absolute atomic E-state index is 13.0. The molecule has 0 N–H and O–H groups in total. The number of methoxy groups -OCH3 is 1. The van der Waals surface area contributed by atoms with Gasteiger partial charge in [-0.2, -0.15) is 0 Å². The number of fused-ring (bicyclic) bond motifs is 1. The van der Waals surface area contributed by atoms with Gasteiger partial charge in [0, 0.05) is 43.3 Å². The van der Waals surface area contributed by atoms with Crippen molar-refractivity contribution >= 4 is 28.3 Å². The van der Waals surface area contributed by atoms with Gasteiger partial charge in [0.05, 0.1) is 18.1 Å². The summed E-state index contributed by atoms with van der Waals surface area (Å²) in [7, 11) is 1.33. The lowest BCUT2D eigenvalue weighted by atomic mass is 10.1. The zero-order valence-corrected chi connectivity index (χ0v) is 17.9. The van der Waals surface area contributed by atoms with Crippen LogP contribution in [0.15, 0.2) is 51.7 Å². The van der Waals surface area contributed by atoms with Gasteiger partial charge in [0.25, 0.3) is 11.6 Å². The zero-order chi connectivity index (χ0) is 22.8. The van der Waals surface area contributed by atoms with Crippen molar-refractivity contribution in [3.05, 3.63) is 74.1 Å². The number of amides is 1. The fourth-order valence-electron chi connectivity index (χ4n) is 3.87. The van der Waals surface area contributed by atoms with Crippen LogP contribution in [0.3, 0.4) is 0 Å². The summed E-state index contributed by atoms with van der Waals surface area (Å²) in [6, 6.07) is 12.1. The number of ether oxygens (including phenoxy) is 1. The number of carbonyl (C=O) groups excluding carboxylic acids is 1. The average molecular weight is 437 g/mol. The highest BCUT2D eigenvalue weighted by Gasteiger charge is 2.26. The van der Waals surface area contributed by atoms with E-state index in [1.165, 1.54) is 30.9 Å². The normalized spacial score (nSPS) is 13.9. The van der Waals surface area contributed by atoms with E-state index in [9.17, 15) is 19.7 Å². The number of benzene rings is 2. The molecule has 0 aliphatic carbocycles. The Hall–Kier alpha value is -3.88. The van der Waals surface area contributed by atoms with Gasteiger partial charge in [-0.1, -0.05) is 19.1 Å². The number of anilines is 1. The van der Waals surface area contributed by atoms with E-state index in [1.807, 2.05) is 0 Å². The van der Waals surface area contributed by atoms with Gasteiger partial charge in [0.1, 0.15) is 5.56 Å². The molecular weight excluding hydrogens is 414 g/mol. The monoisotopic (exact) mass is 437 g/mol. The van der Waals surface area contributed by atoms with Crippen molar-refractivity contribution in [2.45, 2.75) is 13.3 Å². The Bertz CT molecular complexity index is 1230. The zero-order valence-electron chi connectivity index (χ0n) is 17.9. The van der Waals surface area contributed by atoms with Gasteiger partial charge in [0.2, 0.25) is 0 Å². The highest BCUT2D eigenvalue weighted by molar-refractivity contribution is 5.98. The summed E-state index contributed by atoms with van der Waals surface area (Å²) in [5, 5.41) is 11.5. The molecule has 1 aliphatic heterocycles. The Labute approximate surface area is 183 Å². The van der Waals surface area contributed by atoms with Gasteiger partial charge < -0.3 is 19.0 Å². The van der Waals surface area contributed by atoms with Gasteiger partial charge in [0.15, 0.2) is 11.3 Å². The molecule has 1 amide bonds. The van der Waals surface area contributed by atoms with Crippen LogP contribution in [-0.4, -0.2) is 49.0 Å². The molecule has 0 spiro atoms. The first-order chi connectivity index (χ1) is 15.4. The molecule has 4 rings (SSSR count). The van der Waals surface area contributed by atoms with Crippen LogP contribution in [0.1, 0.15) is 22.8 Å². The Kier molecular flexibility index (Phi) is 5.81. The lowest BCUT2D eigenvalue weighted by Crippen LogP contribution is -2.49. The van der Waals surface area contributed by atoms with E-state index in [-0.39, 0.29) is 28.0 Å². The number of carbonyl (C=O) groups is 1. The number of rotatable bonds is 5. The molecule has 3 aromatic rings. The largest absolute Gasteiger partial charge is 0.493 e. The first-order valence-corrected chi connectivity index (χ1v) is 10.3. The molecule has 1 fully saturated rings. The van der Waals surface area contributed by atoms with Crippen LogP contribution in [-0.2, 0) is 6.42 Å². The van der Waals surface area contributed by atoms with Gasteiger partial charge in [-0.3, -0.25) is 14.9 Å². The lowest BCUT2D eigenvalue weighted by Gasteiger charge is -2.36. The predicted octanol–water partition coefficient (Wildman–Crippen LogP) is 3.23. The van der Waals surface area contributed by atoms with E-state index in [0.29, 0.717) is 26.2 Å². The molecule has 0 bridgehead atoms. The molecule has 1 saturated heterocycles. The van der Waals surface area contributed by atoms with Crippen molar-refractivity contribution < 1.29 is 18.9 Å². The molecule has 1 aliphatic rings. The van der Waals surface area contributed by atoms with Crippen molar-refractivity contribution in [2.24, 2.45) is 0 Å². The molecule has 0 saturated carbocycles. The van der Waals surface area contributed by atoms with Crippen molar-refractivity contribution in [3.63, 3.8) is 0 Å². The summed E-state index contributed by atoms with van der Waals surface area (Å²) in [5.41, 5.74) is 1.26. The topological polar surface area (TPSA) is 106 Å². The number of piperazine rings is 1. The average Bonchev–Trinajstić information content (AvgIpc) is 2.82. The molecule has 9 heteroatoms. The van der Waals surface area contributed by atoms with Crippen LogP contribution in [0.25, 0.3) is 11.0 Å². The quantitative estimate of drug-likeness (QED) is 0.343. The maximum atomic E-state index is 13.0. The fourth-order valence-corrected chi connectivity index (χ4v) is 3.87. The Morgan fingerprint density at radius 2 is 1.81 bits per heavy atom. The predicted molar refractivity (Wildman–Crippen MR) is 120 cm³/mol. The first-order valence-electron chi connectivity index (χ1n) is 10.3. The second-order valence-corrected chi connectivity index (χ2v) is 7.57. The number of nitro benzene ring substituents is 1. The molecule has 32 heavy (non-hydrogen) atoms. The maximum Gasteiger partial charge on any atom is 0.349 e. The molecule has 1 aromatic heterocycles. The summed E-state index contributed by atoms with van der Waals surface area (Å²) in [6.45, 7) is 4.27. The standard InChI is InChI=1S/C23H23N3O6/c1-3-15-4-6-17(7-5-15)24-8-10-25(11-9-24)22(27)19-13-16-12-18(26(29)30)14-20(31-2)21(16)32-23(19)28/h4-7,12-14H,3,8-11H2,1-2H3. The first kappa shape index (κ1) is 21.4. The van der Waals surface area contributed by atoms with Crippen LogP contribution in [0, 0.1) is 10.1 Å². The Morgan fingerprint density at radius 1 is 1.12 bits per heavy atom. The van der Waals surface area contributed by atoms with Crippen molar-refractivity contribution in [2.75, 3.05) is 38.2 Å². The molecule has 166 valence electrons. The third-order valence-corrected chi connectivity index (χ3v) is 5.72. The lowest BCUT2D eigenvalue weighted by molar-refractivity contribution is -0.384. The summed E-state index contributed by atoms with van der Waals surface area (Å²) >= 11 is 0. The smallest absolute Gasteiger partial charge is 0.349 e. The number of aryl methyl sites for hydroxylation is 1. The van der Waals surface area contributed by atoms with E-state index in [2.05, 4.69) is 36.1 Å². The number of hydrogen-bond acceptors (Lipinski definition) is 7. The highest BCUT2D eigenvalue weighted by Crippen LogP contribution is 2.31. The third kappa shape index (κ3) is 4.01. The van der Waals surface area contributed by atoms with Gasteiger partial charge in [-0.15, -0.1) is 0 Å². The second kappa shape index (κ2) is 8.70. The van der Waals surface area contributed by atoms with Gasteiger partial charge in [-0.25, -0.2) is 4.79 Å². The Morgan fingerprint density at radius 3 is 2.41 bits per heavy atom. The van der Waals surface area contributed by atoms with Crippen LogP contribution in [0.4, 0.5) is 11.4 Å². The number of hydrogen-bond donors (Lipinski definition) is 0. The molecular formula is C23H23N3O6. The van der Waals surface area contributed by atoms with Crippen LogP contribution >= 0.6 is 0 Å². The fraction of sp³-hybridized carbons (Fsp3) is 0.304. The minimum atomic E-state index is -0.799.